The molecular formula is C17H33N3. The maximum absolute atomic E-state index is 2.73. The highest BCUT2D eigenvalue weighted by Crippen LogP contribution is 2.27. The molecule has 3 aliphatic heterocycles. The highest BCUT2D eigenvalue weighted by molar-refractivity contribution is 4.88. The number of hydrogen-bond acceptors (Lipinski definition) is 3. The summed E-state index contributed by atoms with van der Waals surface area (Å²) in [5, 5.41) is 0. The Morgan fingerprint density at radius 1 is 0.550 bits per heavy atom. The molecule has 0 bridgehead atoms. The van der Waals surface area contributed by atoms with E-state index in [1.54, 1.807) is 0 Å². The van der Waals surface area contributed by atoms with Crippen molar-refractivity contribution in [2.45, 2.75) is 45.4 Å². The summed E-state index contributed by atoms with van der Waals surface area (Å²) >= 11 is 0. The minimum atomic E-state index is 0.471. The van der Waals surface area contributed by atoms with Crippen LogP contribution in [0.5, 0.6) is 0 Å². The quantitative estimate of drug-likeness (QED) is 0.738. The molecular weight excluding hydrogens is 246 g/mol. The van der Waals surface area contributed by atoms with Crippen LogP contribution >= 0.6 is 0 Å². The normalized spacial score (nSPS) is 26.9. The molecule has 3 rings (SSSR count). The van der Waals surface area contributed by atoms with Crippen molar-refractivity contribution in [3.8, 4) is 0 Å². The number of hydrogen-bond donors (Lipinski definition) is 0. The molecule has 0 aliphatic carbocycles. The van der Waals surface area contributed by atoms with Crippen LogP contribution in [0.1, 0.15) is 45.4 Å². The SMILES string of the molecule is CC(CN1CCCC1)(CN1CCCC1)CN1CCCC1. The molecule has 0 atom stereocenters. The molecule has 0 unspecified atom stereocenters. The van der Waals surface area contributed by atoms with Crippen molar-refractivity contribution in [2.75, 3.05) is 58.9 Å². The first-order valence-corrected chi connectivity index (χ1v) is 8.91. The van der Waals surface area contributed by atoms with E-state index < -0.39 is 0 Å². The zero-order chi connectivity index (χ0) is 13.8. The highest BCUT2D eigenvalue weighted by atomic mass is 15.2. The molecule has 0 aromatic rings. The van der Waals surface area contributed by atoms with Crippen LogP contribution in [0, 0.1) is 5.41 Å². The van der Waals surface area contributed by atoms with Gasteiger partial charge < -0.3 is 14.7 Å². The van der Waals surface area contributed by atoms with Crippen LogP contribution in [-0.2, 0) is 0 Å². The molecule has 3 heterocycles. The van der Waals surface area contributed by atoms with E-state index in [1.165, 1.54) is 97.4 Å². The Labute approximate surface area is 125 Å². The van der Waals surface area contributed by atoms with Crippen molar-refractivity contribution in [3.05, 3.63) is 0 Å². The summed E-state index contributed by atoms with van der Waals surface area (Å²) in [6.45, 7) is 14.6. The Morgan fingerprint density at radius 2 is 0.800 bits per heavy atom. The fourth-order valence-electron chi connectivity index (χ4n) is 4.59. The fourth-order valence-corrected chi connectivity index (χ4v) is 4.59. The van der Waals surface area contributed by atoms with Crippen molar-refractivity contribution in [2.24, 2.45) is 5.41 Å². The first-order chi connectivity index (χ1) is 9.73. The van der Waals surface area contributed by atoms with Crippen molar-refractivity contribution >= 4 is 0 Å². The van der Waals surface area contributed by atoms with E-state index in [2.05, 4.69) is 21.6 Å². The Morgan fingerprint density at radius 3 is 1.05 bits per heavy atom. The van der Waals surface area contributed by atoms with E-state index in [0.717, 1.165) is 0 Å². The van der Waals surface area contributed by atoms with Crippen LogP contribution in [0.2, 0.25) is 0 Å². The molecule has 0 N–H and O–H groups in total. The van der Waals surface area contributed by atoms with Gasteiger partial charge in [-0.05, 0) is 77.8 Å². The van der Waals surface area contributed by atoms with Crippen LogP contribution in [0.15, 0.2) is 0 Å². The van der Waals surface area contributed by atoms with Crippen LogP contribution in [0.4, 0.5) is 0 Å². The molecule has 0 spiro atoms. The highest BCUT2D eigenvalue weighted by Gasteiger charge is 2.33. The van der Waals surface area contributed by atoms with Gasteiger partial charge in [0.1, 0.15) is 0 Å². The first kappa shape index (κ1) is 14.8. The van der Waals surface area contributed by atoms with Crippen LogP contribution in [-0.4, -0.2) is 73.6 Å². The monoisotopic (exact) mass is 279 g/mol. The third kappa shape index (κ3) is 3.96. The second-order valence-electron chi connectivity index (χ2n) is 7.76. The van der Waals surface area contributed by atoms with E-state index in [1.807, 2.05) is 0 Å². The molecule has 3 heteroatoms. The molecule has 0 radical (unpaired) electrons. The number of nitrogens with zero attached hydrogens (tertiary/aromatic N) is 3. The largest absolute Gasteiger partial charge is 0.303 e. The van der Waals surface area contributed by atoms with Gasteiger partial charge in [-0.1, -0.05) is 6.92 Å². The van der Waals surface area contributed by atoms with Gasteiger partial charge in [0.2, 0.25) is 0 Å². The van der Waals surface area contributed by atoms with E-state index in [9.17, 15) is 0 Å². The predicted molar refractivity (Wildman–Crippen MR) is 85.1 cm³/mol. The van der Waals surface area contributed by atoms with Gasteiger partial charge in [0, 0.05) is 25.0 Å². The molecule has 3 saturated heterocycles. The summed E-state index contributed by atoms with van der Waals surface area (Å²) in [6, 6.07) is 0. The van der Waals surface area contributed by atoms with Crippen molar-refractivity contribution < 1.29 is 0 Å². The maximum atomic E-state index is 2.73. The Kier molecular flexibility index (Phi) is 5.00. The minimum absolute atomic E-state index is 0.471. The zero-order valence-electron chi connectivity index (χ0n) is 13.4. The summed E-state index contributed by atoms with van der Waals surface area (Å²) < 4.78 is 0. The van der Waals surface area contributed by atoms with E-state index >= 15 is 0 Å². The molecule has 0 amide bonds. The third-order valence-corrected chi connectivity index (χ3v) is 5.41. The smallest absolute Gasteiger partial charge is 0.00599 e. The Hall–Kier alpha value is -0.120. The predicted octanol–water partition coefficient (Wildman–Crippen LogP) is 2.28. The number of likely N-dealkylation sites (tertiary alicyclic amines) is 3. The molecule has 0 aromatic carbocycles. The molecule has 3 fully saturated rings. The lowest BCUT2D eigenvalue weighted by Crippen LogP contribution is -2.48. The van der Waals surface area contributed by atoms with Gasteiger partial charge in [0.25, 0.3) is 0 Å². The van der Waals surface area contributed by atoms with Gasteiger partial charge in [0.05, 0.1) is 0 Å². The first-order valence-electron chi connectivity index (χ1n) is 8.91. The van der Waals surface area contributed by atoms with Gasteiger partial charge in [-0.25, -0.2) is 0 Å². The Bertz CT molecular complexity index is 241. The average Bonchev–Trinajstić information content (AvgIpc) is 3.11. The maximum Gasteiger partial charge on any atom is 0.00599 e. The average molecular weight is 279 g/mol. The summed E-state index contributed by atoms with van der Waals surface area (Å²) in [4.78, 5) is 8.18. The van der Waals surface area contributed by atoms with Crippen LogP contribution in [0.25, 0.3) is 0 Å². The van der Waals surface area contributed by atoms with Crippen molar-refractivity contribution in [3.63, 3.8) is 0 Å². The number of rotatable bonds is 6. The van der Waals surface area contributed by atoms with Gasteiger partial charge in [-0.15, -0.1) is 0 Å². The standard InChI is InChI=1S/C17H33N3/c1-17(14-18-8-2-3-9-18,15-19-10-4-5-11-19)16-20-12-6-7-13-20/h2-16H2,1H3. The summed E-state index contributed by atoms with van der Waals surface area (Å²) in [5.74, 6) is 0. The lowest BCUT2D eigenvalue weighted by molar-refractivity contribution is 0.0920. The van der Waals surface area contributed by atoms with Crippen LogP contribution in [0.3, 0.4) is 0 Å². The van der Waals surface area contributed by atoms with Gasteiger partial charge in [0.15, 0.2) is 0 Å². The van der Waals surface area contributed by atoms with E-state index in [0.29, 0.717) is 5.41 Å². The zero-order valence-corrected chi connectivity index (χ0v) is 13.4. The third-order valence-electron chi connectivity index (χ3n) is 5.41. The molecule has 3 aliphatic rings. The summed E-state index contributed by atoms with van der Waals surface area (Å²) in [5.41, 5.74) is 0.471. The second kappa shape index (κ2) is 6.76. The fraction of sp³-hybridized carbons (Fsp3) is 1.00. The Balaban J connectivity index is 1.59. The molecule has 0 saturated carbocycles. The van der Waals surface area contributed by atoms with Crippen LogP contribution < -0.4 is 0 Å². The second-order valence-corrected chi connectivity index (χ2v) is 7.76. The summed E-state index contributed by atoms with van der Waals surface area (Å²) in [6.07, 6.45) is 8.52. The van der Waals surface area contributed by atoms with Gasteiger partial charge >= 0.3 is 0 Å². The van der Waals surface area contributed by atoms with Gasteiger partial charge in [-0.2, -0.15) is 0 Å². The lowest BCUT2D eigenvalue weighted by atomic mass is 9.88. The lowest BCUT2D eigenvalue weighted by Gasteiger charge is -2.39. The van der Waals surface area contributed by atoms with E-state index in [4.69, 9.17) is 0 Å². The molecule has 0 aromatic heterocycles. The van der Waals surface area contributed by atoms with Crippen molar-refractivity contribution in [1.82, 2.24) is 14.7 Å². The van der Waals surface area contributed by atoms with Crippen molar-refractivity contribution in [1.29, 1.82) is 0 Å². The summed E-state index contributed by atoms with van der Waals surface area (Å²) in [7, 11) is 0. The molecule has 20 heavy (non-hydrogen) atoms. The molecule has 3 nitrogen and oxygen atoms in total. The van der Waals surface area contributed by atoms with E-state index in [-0.39, 0.29) is 0 Å². The van der Waals surface area contributed by atoms with Gasteiger partial charge in [-0.3, -0.25) is 0 Å². The minimum Gasteiger partial charge on any atom is -0.303 e. The topological polar surface area (TPSA) is 9.72 Å². The molecule has 116 valence electrons.